The zero-order valence-corrected chi connectivity index (χ0v) is 14.1. The van der Waals surface area contributed by atoms with Gasteiger partial charge in [-0.2, -0.15) is 10.2 Å². The van der Waals surface area contributed by atoms with E-state index in [1.54, 1.807) is 18.6 Å². The van der Waals surface area contributed by atoms with E-state index in [0.717, 1.165) is 18.7 Å². The molecule has 0 aromatic carbocycles. The van der Waals surface area contributed by atoms with Crippen LogP contribution in [-0.2, 0) is 0 Å². The Morgan fingerprint density at radius 3 is 2.45 bits per heavy atom. The number of aromatic nitrogens is 1. The molecule has 9 heteroatoms. The smallest absolute Gasteiger partial charge is 0.186 e. The summed E-state index contributed by atoms with van der Waals surface area (Å²) in [7, 11) is 0. The largest absolute Gasteiger partial charge is 0.362 e. The number of hydrogen-bond acceptors (Lipinski definition) is 5. The van der Waals surface area contributed by atoms with Crippen LogP contribution in [0.1, 0.15) is 19.4 Å². The Morgan fingerprint density at radius 2 is 1.86 bits per heavy atom. The molecule has 0 spiro atoms. The minimum absolute atomic E-state index is 0.438. The fraction of sp³-hybridized carbons (Fsp3) is 0.308. The van der Waals surface area contributed by atoms with Gasteiger partial charge < -0.3 is 10.6 Å². The number of hydrogen-bond donors (Lipinski definition) is 4. The lowest BCUT2D eigenvalue weighted by Gasteiger charge is -2.06. The Bertz CT molecular complexity index is 543. The molecular formula is C13H19N7S2. The van der Waals surface area contributed by atoms with Crippen molar-refractivity contribution in [3.8, 4) is 0 Å². The van der Waals surface area contributed by atoms with E-state index in [0.29, 0.717) is 15.9 Å². The van der Waals surface area contributed by atoms with Crippen LogP contribution in [0.4, 0.5) is 0 Å². The molecule has 0 aliphatic carbocycles. The summed E-state index contributed by atoms with van der Waals surface area (Å²) in [4.78, 5) is 4.06. The Labute approximate surface area is 140 Å². The predicted molar refractivity (Wildman–Crippen MR) is 98.1 cm³/mol. The van der Waals surface area contributed by atoms with E-state index in [2.05, 4.69) is 36.7 Å². The summed E-state index contributed by atoms with van der Waals surface area (Å²) in [5, 5.41) is 15.0. The summed E-state index contributed by atoms with van der Waals surface area (Å²) in [5.41, 5.74) is 6.84. The molecule has 0 amide bonds. The number of hydrazone groups is 2. The van der Waals surface area contributed by atoms with E-state index < -0.39 is 0 Å². The van der Waals surface area contributed by atoms with Gasteiger partial charge in [0.25, 0.3) is 0 Å². The zero-order chi connectivity index (χ0) is 16.2. The van der Waals surface area contributed by atoms with E-state index >= 15 is 0 Å². The topological polar surface area (TPSA) is 85.7 Å². The van der Waals surface area contributed by atoms with Gasteiger partial charge in [-0.15, -0.1) is 0 Å². The first-order valence-corrected chi connectivity index (χ1v) is 7.57. The molecular weight excluding hydrogens is 318 g/mol. The van der Waals surface area contributed by atoms with Gasteiger partial charge in [0, 0.05) is 31.0 Å². The zero-order valence-electron chi connectivity index (χ0n) is 12.5. The lowest BCUT2D eigenvalue weighted by Crippen LogP contribution is -2.33. The molecule has 1 aromatic heterocycles. The molecule has 0 saturated carbocycles. The van der Waals surface area contributed by atoms with E-state index in [1.807, 2.05) is 26.0 Å². The van der Waals surface area contributed by atoms with Gasteiger partial charge in [-0.25, -0.2) is 0 Å². The Balaban J connectivity index is 2.79. The molecule has 7 nitrogen and oxygen atoms in total. The van der Waals surface area contributed by atoms with E-state index in [9.17, 15) is 0 Å². The van der Waals surface area contributed by atoms with Crippen LogP contribution in [0.2, 0.25) is 0 Å². The Morgan fingerprint density at radius 1 is 1.18 bits per heavy atom. The molecule has 4 N–H and O–H groups in total. The molecule has 0 aliphatic heterocycles. The molecule has 0 unspecified atom stereocenters. The van der Waals surface area contributed by atoms with Crippen LogP contribution < -0.4 is 21.5 Å². The lowest BCUT2D eigenvalue weighted by molar-refractivity contribution is 0.899. The Hall–Kier alpha value is -2.13. The Kier molecular flexibility index (Phi) is 8.61. The third kappa shape index (κ3) is 7.04. The van der Waals surface area contributed by atoms with Crippen molar-refractivity contribution < 1.29 is 0 Å². The summed E-state index contributed by atoms with van der Waals surface area (Å²) >= 11 is 10.1. The fourth-order valence-electron chi connectivity index (χ4n) is 1.35. The van der Waals surface area contributed by atoms with Crippen molar-refractivity contribution in [3.63, 3.8) is 0 Å². The average Bonchev–Trinajstić information content (AvgIpc) is 2.52. The maximum Gasteiger partial charge on any atom is 0.186 e. The molecule has 0 aliphatic rings. The third-order valence-corrected chi connectivity index (χ3v) is 2.73. The van der Waals surface area contributed by atoms with Gasteiger partial charge in [0.15, 0.2) is 10.2 Å². The highest BCUT2D eigenvalue weighted by molar-refractivity contribution is 7.80. The SMILES string of the molecule is CCNC(=S)N/N=C(\C=N\NC(=S)NCC)c1cccnc1. The van der Waals surface area contributed by atoms with Crippen molar-refractivity contribution in [2.24, 2.45) is 10.2 Å². The van der Waals surface area contributed by atoms with Gasteiger partial charge >= 0.3 is 0 Å². The second kappa shape index (κ2) is 10.6. The van der Waals surface area contributed by atoms with Crippen LogP contribution >= 0.6 is 24.4 Å². The van der Waals surface area contributed by atoms with Crippen molar-refractivity contribution in [2.45, 2.75) is 13.8 Å². The second-order valence-corrected chi connectivity index (χ2v) is 4.76. The normalized spacial score (nSPS) is 11.1. The van der Waals surface area contributed by atoms with Crippen LogP contribution in [-0.4, -0.2) is 40.2 Å². The standard InChI is InChI=1S/C13H19N7S2/c1-3-15-12(21)19-17-9-11(10-6-5-7-14-8-10)18-20-13(22)16-4-2/h5-9H,3-4H2,1-2H3,(H2,15,19,21)(H2,16,20,22)/b17-9+,18-11+. The molecule has 1 heterocycles. The van der Waals surface area contributed by atoms with Gasteiger partial charge in [0.05, 0.1) is 6.21 Å². The molecule has 1 aromatic rings. The van der Waals surface area contributed by atoms with Crippen molar-refractivity contribution >= 4 is 46.6 Å². The monoisotopic (exact) mass is 337 g/mol. The van der Waals surface area contributed by atoms with Crippen LogP contribution in [0.15, 0.2) is 34.7 Å². The second-order valence-electron chi connectivity index (χ2n) is 3.94. The van der Waals surface area contributed by atoms with Crippen LogP contribution in [0, 0.1) is 0 Å². The van der Waals surface area contributed by atoms with E-state index in [4.69, 9.17) is 24.4 Å². The molecule has 22 heavy (non-hydrogen) atoms. The van der Waals surface area contributed by atoms with Crippen LogP contribution in [0.5, 0.6) is 0 Å². The summed E-state index contributed by atoms with van der Waals surface area (Å²) in [6, 6.07) is 3.69. The van der Waals surface area contributed by atoms with Crippen LogP contribution in [0.25, 0.3) is 0 Å². The molecule has 0 atom stereocenters. The predicted octanol–water partition coefficient (Wildman–Crippen LogP) is 0.740. The number of rotatable bonds is 6. The minimum atomic E-state index is 0.438. The number of pyridine rings is 1. The molecule has 0 bridgehead atoms. The molecule has 0 radical (unpaired) electrons. The first kappa shape index (κ1) is 17.9. The average molecular weight is 337 g/mol. The third-order valence-electron chi connectivity index (χ3n) is 2.26. The van der Waals surface area contributed by atoms with Gasteiger partial charge in [-0.1, -0.05) is 0 Å². The van der Waals surface area contributed by atoms with E-state index in [-0.39, 0.29) is 0 Å². The fourth-order valence-corrected chi connectivity index (χ4v) is 1.73. The van der Waals surface area contributed by atoms with Crippen LogP contribution in [0.3, 0.4) is 0 Å². The van der Waals surface area contributed by atoms with Gasteiger partial charge in [-0.05, 0) is 50.4 Å². The minimum Gasteiger partial charge on any atom is -0.362 e. The maximum absolute atomic E-state index is 5.07. The first-order chi connectivity index (χ1) is 10.7. The van der Waals surface area contributed by atoms with Crippen molar-refractivity contribution in [1.29, 1.82) is 0 Å². The summed E-state index contributed by atoms with van der Waals surface area (Å²) in [6.45, 7) is 5.35. The highest BCUT2D eigenvalue weighted by Crippen LogP contribution is 1.97. The summed E-state index contributed by atoms with van der Waals surface area (Å²) in [5.74, 6) is 0. The quantitative estimate of drug-likeness (QED) is 0.346. The maximum atomic E-state index is 5.07. The van der Waals surface area contributed by atoms with Gasteiger partial charge in [0.2, 0.25) is 0 Å². The molecule has 0 fully saturated rings. The number of thiocarbonyl (C=S) groups is 2. The van der Waals surface area contributed by atoms with E-state index in [1.165, 1.54) is 0 Å². The first-order valence-electron chi connectivity index (χ1n) is 6.76. The highest BCUT2D eigenvalue weighted by Gasteiger charge is 2.02. The van der Waals surface area contributed by atoms with Gasteiger partial charge in [0.1, 0.15) is 5.71 Å². The molecule has 1 rings (SSSR count). The van der Waals surface area contributed by atoms with Crippen molar-refractivity contribution in [2.75, 3.05) is 13.1 Å². The van der Waals surface area contributed by atoms with Crippen molar-refractivity contribution in [1.82, 2.24) is 26.5 Å². The molecule has 0 saturated heterocycles. The number of nitrogens with zero attached hydrogens (tertiary/aromatic N) is 3. The number of nitrogens with one attached hydrogen (secondary N) is 4. The highest BCUT2D eigenvalue weighted by atomic mass is 32.1. The summed E-state index contributed by atoms with van der Waals surface area (Å²) < 4.78 is 0. The molecule has 118 valence electrons. The lowest BCUT2D eigenvalue weighted by atomic mass is 10.2. The van der Waals surface area contributed by atoms with Crippen molar-refractivity contribution in [3.05, 3.63) is 30.1 Å². The summed E-state index contributed by atoms with van der Waals surface area (Å²) in [6.07, 6.45) is 4.92. The van der Waals surface area contributed by atoms with Gasteiger partial charge in [-0.3, -0.25) is 15.8 Å².